The lowest BCUT2D eigenvalue weighted by atomic mass is 10.2. The first-order valence-corrected chi connectivity index (χ1v) is 7.56. The van der Waals surface area contributed by atoms with Crippen molar-refractivity contribution in [3.63, 3.8) is 0 Å². The van der Waals surface area contributed by atoms with Crippen LogP contribution in [0.3, 0.4) is 0 Å². The van der Waals surface area contributed by atoms with Crippen LogP contribution in [-0.4, -0.2) is 6.21 Å². The fourth-order valence-electron chi connectivity index (χ4n) is 1.89. The number of aliphatic imine (C=N–C) groups is 1. The minimum atomic E-state index is 0.976. The molecule has 1 radical (unpaired) electrons. The lowest BCUT2D eigenvalue weighted by Gasteiger charge is -2.05. The van der Waals surface area contributed by atoms with Crippen molar-refractivity contribution in [3.8, 4) is 0 Å². The standard InChI is InChI=1S/C19H14NS/c1-3-9-16(10-4-1)15-20-18-13-7-8-14-19(18)21-17-11-5-2-6-12-17/h1-9,11-15H. The molecule has 0 aliphatic heterocycles. The molecule has 0 aliphatic carbocycles. The smallest absolute Gasteiger partial charge is 0.0769 e. The van der Waals surface area contributed by atoms with Gasteiger partial charge in [0.15, 0.2) is 0 Å². The van der Waals surface area contributed by atoms with E-state index in [1.807, 2.05) is 66.9 Å². The van der Waals surface area contributed by atoms with E-state index < -0.39 is 0 Å². The molecule has 0 amide bonds. The van der Waals surface area contributed by atoms with Crippen LogP contribution in [0.25, 0.3) is 0 Å². The van der Waals surface area contributed by atoms with Crippen molar-refractivity contribution in [2.45, 2.75) is 9.79 Å². The Kier molecular flexibility index (Phi) is 4.49. The molecule has 0 fully saturated rings. The minimum Gasteiger partial charge on any atom is -0.255 e. The zero-order chi connectivity index (χ0) is 14.3. The van der Waals surface area contributed by atoms with Gasteiger partial charge in [-0.15, -0.1) is 0 Å². The third kappa shape index (κ3) is 3.83. The maximum atomic E-state index is 4.60. The fraction of sp³-hybridized carbons (Fsp3) is 0. The normalized spacial score (nSPS) is 10.9. The molecule has 0 spiro atoms. The van der Waals surface area contributed by atoms with Gasteiger partial charge in [0, 0.05) is 21.6 Å². The highest BCUT2D eigenvalue weighted by Crippen LogP contribution is 2.34. The molecular formula is C19H14NS. The summed E-state index contributed by atoms with van der Waals surface area (Å²) < 4.78 is 0. The largest absolute Gasteiger partial charge is 0.255 e. The summed E-state index contributed by atoms with van der Waals surface area (Å²) >= 11 is 1.73. The second-order valence-electron chi connectivity index (χ2n) is 4.46. The average Bonchev–Trinajstić information content (AvgIpc) is 2.56. The van der Waals surface area contributed by atoms with Crippen LogP contribution in [0.5, 0.6) is 0 Å². The Morgan fingerprint density at radius 1 is 0.810 bits per heavy atom. The van der Waals surface area contributed by atoms with E-state index in [0.29, 0.717) is 0 Å². The van der Waals surface area contributed by atoms with E-state index in [1.165, 1.54) is 4.90 Å². The molecule has 0 bridgehead atoms. The second-order valence-corrected chi connectivity index (χ2v) is 5.57. The zero-order valence-corrected chi connectivity index (χ0v) is 12.3. The van der Waals surface area contributed by atoms with Crippen molar-refractivity contribution in [2.75, 3.05) is 0 Å². The highest BCUT2D eigenvalue weighted by atomic mass is 32.2. The summed E-state index contributed by atoms with van der Waals surface area (Å²) in [5.74, 6) is 0. The Bertz CT molecular complexity index is 721. The molecule has 101 valence electrons. The van der Waals surface area contributed by atoms with Crippen LogP contribution in [0.15, 0.2) is 93.6 Å². The number of benzene rings is 3. The molecule has 0 atom stereocenters. The van der Waals surface area contributed by atoms with Gasteiger partial charge in [0.1, 0.15) is 0 Å². The Labute approximate surface area is 129 Å². The van der Waals surface area contributed by atoms with E-state index in [9.17, 15) is 0 Å². The summed E-state index contributed by atoms with van der Waals surface area (Å²) in [6.45, 7) is 0. The van der Waals surface area contributed by atoms with Gasteiger partial charge in [-0.05, 0) is 30.3 Å². The van der Waals surface area contributed by atoms with Crippen LogP contribution in [0, 0.1) is 6.07 Å². The maximum Gasteiger partial charge on any atom is 0.0769 e. The lowest BCUT2D eigenvalue weighted by Crippen LogP contribution is -1.80. The first-order chi connectivity index (χ1) is 10.4. The highest BCUT2D eigenvalue weighted by molar-refractivity contribution is 7.99. The Morgan fingerprint density at radius 2 is 1.57 bits per heavy atom. The Morgan fingerprint density at radius 3 is 2.38 bits per heavy atom. The Balaban J connectivity index is 1.84. The quantitative estimate of drug-likeness (QED) is 0.586. The van der Waals surface area contributed by atoms with E-state index in [-0.39, 0.29) is 0 Å². The van der Waals surface area contributed by atoms with Gasteiger partial charge in [0.25, 0.3) is 0 Å². The first kappa shape index (κ1) is 13.7. The number of rotatable bonds is 4. The van der Waals surface area contributed by atoms with Gasteiger partial charge in [-0.1, -0.05) is 66.4 Å². The molecule has 3 aromatic rings. The van der Waals surface area contributed by atoms with E-state index in [4.69, 9.17) is 0 Å². The van der Waals surface area contributed by atoms with Crippen molar-refractivity contribution in [1.82, 2.24) is 0 Å². The van der Waals surface area contributed by atoms with Crippen molar-refractivity contribution in [1.29, 1.82) is 0 Å². The molecule has 0 saturated heterocycles. The molecule has 0 N–H and O–H groups in total. The molecule has 0 saturated carbocycles. The maximum absolute atomic E-state index is 4.60. The van der Waals surface area contributed by atoms with Crippen LogP contribution in [0.4, 0.5) is 5.69 Å². The third-order valence-electron chi connectivity index (χ3n) is 2.91. The van der Waals surface area contributed by atoms with E-state index in [1.54, 1.807) is 11.8 Å². The van der Waals surface area contributed by atoms with Crippen LogP contribution < -0.4 is 0 Å². The molecule has 21 heavy (non-hydrogen) atoms. The summed E-state index contributed by atoms with van der Waals surface area (Å²) in [6.07, 6.45) is 1.85. The molecule has 3 aromatic carbocycles. The first-order valence-electron chi connectivity index (χ1n) is 6.74. The van der Waals surface area contributed by atoms with Crippen LogP contribution in [0.1, 0.15) is 5.56 Å². The summed E-state index contributed by atoms with van der Waals surface area (Å²) in [5, 5.41) is 0. The van der Waals surface area contributed by atoms with E-state index in [2.05, 4.69) is 29.3 Å². The minimum absolute atomic E-state index is 0.976. The molecular weight excluding hydrogens is 274 g/mol. The molecule has 2 heteroatoms. The van der Waals surface area contributed by atoms with Crippen LogP contribution in [0.2, 0.25) is 0 Å². The topological polar surface area (TPSA) is 12.4 Å². The van der Waals surface area contributed by atoms with Crippen molar-refractivity contribution in [3.05, 3.63) is 90.5 Å². The fourth-order valence-corrected chi connectivity index (χ4v) is 2.81. The molecule has 1 nitrogen and oxygen atoms in total. The summed E-state index contributed by atoms with van der Waals surface area (Å²) in [4.78, 5) is 6.96. The number of hydrogen-bond acceptors (Lipinski definition) is 2. The van der Waals surface area contributed by atoms with Gasteiger partial charge in [0.05, 0.1) is 5.69 Å². The van der Waals surface area contributed by atoms with E-state index >= 15 is 0 Å². The Hall–Kier alpha value is -2.32. The average molecular weight is 288 g/mol. The van der Waals surface area contributed by atoms with E-state index in [0.717, 1.165) is 16.1 Å². The van der Waals surface area contributed by atoms with Gasteiger partial charge in [-0.25, -0.2) is 0 Å². The molecule has 0 heterocycles. The second kappa shape index (κ2) is 6.91. The zero-order valence-electron chi connectivity index (χ0n) is 11.4. The van der Waals surface area contributed by atoms with Crippen LogP contribution in [-0.2, 0) is 0 Å². The van der Waals surface area contributed by atoms with Crippen molar-refractivity contribution >= 4 is 23.7 Å². The highest BCUT2D eigenvalue weighted by Gasteiger charge is 2.02. The predicted octanol–water partition coefficient (Wildman–Crippen LogP) is 5.39. The van der Waals surface area contributed by atoms with Crippen molar-refractivity contribution < 1.29 is 0 Å². The SMILES string of the molecule is [c]1ccccc1C=Nc1ccccc1Sc1ccccc1. The lowest BCUT2D eigenvalue weighted by molar-refractivity contribution is 1.36. The van der Waals surface area contributed by atoms with Crippen molar-refractivity contribution in [2.24, 2.45) is 4.99 Å². The molecule has 0 unspecified atom stereocenters. The number of nitrogens with zero attached hydrogens (tertiary/aromatic N) is 1. The van der Waals surface area contributed by atoms with Gasteiger partial charge < -0.3 is 0 Å². The monoisotopic (exact) mass is 288 g/mol. The predicted molar refractivity (Wildman–Crippen MR) is 89.5 cm³/mol. The number of hydrogen-bond donors (Lipinski definition) is 0. The molecule has 0 aromatic heterocycles. The van der Waals surface area contributed by atoms with Gasteiger partial charge >= 0.3 is 0 Å². The third-order valence-corrected chi connectivity index (χ3v) is 3.99. The number of para-hydroxylation sites is 1. The van der Waals surface area contributed by atoms with Crippen LogP contribution >= 0.6 is 11.8 Å². The summed E-state index contributed by atoms with van der Waals surface area (Å²) in [5.41, 5.74) is 1.96. The summed E-state index contributed by atoms with van der Waals surface area (Å²) in [6, 6.07) is 29.5. The van der Waals surface area contributed by atoms with Gasteiger partial charge in [-0.3, -0.25) is 4.99 Å². The van der Waals surface area contributed by atoms with Gasteiger partial charge in [-0.2, -0.15) is 0 Å². The molecule has 0 aliphatic rings. The summed E-state index contributed by atoms with van der Waals surface area (Å²) in [7, 11) is 0. The van der Waals surface area contributed by atoms with Gasteiger partial charge in [0.2, 0.25) is 0 Å². The molecule has 3 rings (SSSR count).